The number of hydrogen-bond donors (Lipinski definition) is 0. The van der Waals surface area contributed by atoms with Gasteiger partial charge in [-0.15, -0.1) is 0 Å². The van der Waals surface area contributed by atoms with Crippen LogP contribution in [0.4, 0.5) is 5.69 Å². The van der Waals surface area contributed by atoms with E-state index in [1.54, 1.807) is 0 Å². The maximum atomic E-state index is 4.67. The van der Waals surface area contributed by atoms with Crippen LogP contribution in [0, 0.1) is 0 Å². The lowest BCUT2D eigenvalue weighted by Gasteiger charge is -2.05. The molecule has 0 unspecified atom stereocenters. The monoisotopic (exact) mass is 311 g/mol. The van der Waals surface area contributed by atoms with Crippen LogP contribution in [0.15, 0.2) is 89.9 Å². The molecule has 3 rings (SSSR count). The Morgan fingerprint density at radius 2 is 1.21 bits per heavy atom. The van der Waals surface area contributed by atoms with Gasteiger partial charge in [0.2, 0.25) is 0 Å². The zero-order valence-electron chi connectivity index (χ0n) is 14.1. The quantitative estimate of drug-likeness (QED) is 0.391. The van der Waals surface area contributed by atoms with E-state index in [4.69, 9.17) is 0 Å². The number of hydrogen-bond acceptors (Lipinski definition) is 1. The lowest BCUT2D eigenvalue weighted by molar-refractivity contribution is 1.47. The molecule has 0 saturated heterocycles. The lowest BCUT2D eigenvalue weighted by atomic mass is 10.0. The van der Waals surface area contributed by atoms with E-state index in [1.807, 2.05) is 36.4 Å². The van der Waals surface area contributed by atoms with Crippen LogP contribution in [0.3, 0.4) is 0 Å². The summed E-state index contributed by atoms with van der Waals surface area (Å²) < 4.78 is 0. The molecule has 0 aliphatic carbocycles. The third-order valence-electron chi connectivity index (χ3n) is 3.99. The first-order chi connectivity index (χ1) is 11.7. The minimum Gasteiger partial charge on any atom is -0.253 e. The molecule has 0 amide bonds. The third-order valence-corrected chi connectivity index (χ3v) is 3.99. The summed E-state index contributed by atoms with van der Waals surface area (Å²) in [4.78, 5) is 4.67. The van der Waals surface area contributed by atoms with Crippen LogP contribution in [0.5, 0.6) is 0 Å². The predicted molar refractivity (Wildman–Crippen MR) is 105 cm³/mol. The van der Waals surface area contributed by atoms with Crippen molar-refractivity contribution in [1.29, 1.82) is 0 Å². The van der Waals surface area contributed by atoms with Crippen LogP contribution < -0.4 is 0 Å². The Labute approximate surface area is 144 Å². The van der Waals surface area contributed by atoms with Gasteiger partial charge in [-0.25, -0.2) is 0 Å². The van der Waals surface area contributed by atoms with Gasteiger partial charge in [-0.2, -0.15) is 0 Å². The molecule has 0 radical (unpaired) electrons. The first kappa shape index (κ1) is 15.9. The minimum absolute atomic E-state index is 0.985. The van der Waals surface area contributed by atoms with Gasteiger partial charge in [-0.3, -0.25) is 4.99 Å². The molecule has 0 bridgehead atoms. The summed E-state index contributed by atoms with van der Waals surface area (Å²) in [5.41, 5.74) is 6.87. The molecule has 3 aromatic rings. The molecule has 118 valence electrons. The van der Waals surface area contributed by atoms with Crippen molar-refractivity contribution in [3.8, 4) is 0 Å². The van der Waals surface area contributed by atoms with E-state index < -0.39 is 0 Å². The summed E-state index contributed by atoms with van der Waals surface area (Å²) in [5.74, 6) is 0. The maximum absolute atomic E-state index is 4.67. The van der Waals surface area contributed by atoms with Crippen molar-refractivity contribution >= 4 is 23.0 Å². The molecule has 0 atom stereocenters. The Kier molecular flexibility index (Phi) is 5.02. The average Bonchev–Trinajstić information content (AvgIpc) is 2.63. The van der Waals surface area contributed by atoms with E-state index in [0.717, 1.165) is 17.0 Å². The van der Waals surface area contributed by atoms with Crippen molar-refractivity contribution in [2.24, 2.45) is 4.99 Å². The van der Waals surface area contributed by atoms with Gasteiger partial charge in [0.1, 0.15) is 0 Å². The van der Waals surface area contributed by atoms with Gasteiger partial charge in [0.25, 0.3) is 0 Å². The number of rotatable bonds is 4. The molecule has 0 aliphatic heterocycles. The van der Waals surface area contributed by atoms with Crippen molar-refractivity contribution < 1.29 is 0 Å². The second-order valence-corrected chi connectivity index (χ2v) is 5.85. The summed E-state index contributed by atoms with van der Waals surface area (Å²) in [6.45, 7) is 4.20. The van der Waals surface area contributed by atoms with E-state index in [9.17, 15) is 0 Å². The van der Waals surface area contributed by atoms with Gasteiger partial charge in [0, 0.05) is 5.71 Å². The zero-order valence-corrected chi connectivity index (χ0v) is 14.1. The number of nitrogens with zero attached hydrogens (tertiary/aromatic N) is 1. The van der Waals surface area contributed by atoms with E-state index in [0.29, 0.717) is 0 Å². The van der Waals surface area contributed by atoms with Gasteiger partial charge in [-0.1, -0.05) is 78.9 Å². The smallest absolute Gasteiger partial charge is 0.0633 e. The standard InChI is InChI=1S/C23H21N/c1-18(17-20-9-5-3-6-10-20)21-13-15-22(16-14-21)19(2)24-23-11-7-4-8-12-23/h3-17H,1-2H3/b18-17+,24-19?. The summed E-state index contributed by atoms with van der Waals surface area (Å²) in [5, 5.41) is 0. The van der Waals surface area contributed by atoms with Crippen molar-refractivity contribution in [2.45, 2.75) is 13.8 Å². The number of benzene rings is 3. The highest BCUT2D eigenvalue weighted by molar-refractivity contribution is 6.00. The van der Waals surface area contributed by atoms with Crippen molar-refractivity contribution in [3.05, 3.63) is 102 Å². The molecule has 0 N–H and O–H groups in total. The fourth-order valence-electron chi connectivity index (χ4n) is 2.62. The van der Waals surface area contributed by atoms with Crippen molar-refractivity contribution in [2.75, 3.05) is 0 Å². The molecule has 0 saturated carbocycles. The molecule has 0 spiro atoms. The van der Waals surface area contributed by atoms with E-state index in [1.165, 1.54) is 16.7 Å². The molecular formula is C23H21N. The normalized spacial score (nSPS) is 12.2. The Morgan fingerprint density at radius 3 is 1.83 bits per heavy atom. The van der Waals surface area contributed by atoms with Crippen LogP contribution in [-0.2, 0) is 0 Å². The molecule has 0 aromatic heterocycles. The summed E-state index contributed by atoms with van der Waals surface area (Å²) in [6.07, 6.45) is 2.21. The Bertz CT molecular complexity index is 767. The highest BCUT2D eigenvalue weighted by atomic mass is 14.7. The average molecular weight is 311 g/mol. The Hall–Kier alpha value is -2.93. The molecule has 0 aliphatic rings. The van der Waals surface area contributed by atoms with Crippen LogP contribution in [0.1, 0.15) is 30.5 Å². The van der Waals surface area contributed by atoms with Gasteiger partial charge < -0.3 is 0 Å². The summed E-state index contributed by atoms with van der Waals surface area (Å²) in [7, 11) is 0. The third kappa shape index (κ3) is 4.08. The van der Waals surface area contributed by atoms with E-state index in [-0.39, 0.29) is 0 Å². The maximum Gasteiger partial charge on any atom is 0.0633 e. The zero-order chi connectivity index (χ0) is 16.8. The van der Waals surface area contributed by atoms with Crippen LogP contribution in [0.2, 0.25) is 0 Å². The first-order valence-electron chi connectivity index (χ1n) is 8.17. The second-order valence-electron chi connectivity index (χ2n) is 5.85. The van der Waals surface area contributed by atoms with Gasteiger partial charge in [-0.05, 0) is 48.2 Å². The second kappa shape index (κ2) is 7.56. The Balaban J connectivity index is 1.80. The van der Waals surface area contributed by atoms with Crippen molar-refractivity contribution in [3.63, 3.8) is 0 Å². The predicted octanol–water partition coefficient (Wildman–Crippen LogP) is 6.39. The molecule has 3 aromatic carbocycles. The number of allylic oxidation sites excluding steroid dienone is 1. The molecule has 24 heavy (non-hydrogen) atoms. The topological polar surface area (TPSA) is 12.4 Å². The van der Waals surface area contributed by atoms with Crippen molar-refractivity contribution in [1.82, 2.24) is 0 Å². The number of para-hydroxylation sites is 1. The van der Waals surface area contributed by atoms with Crippen LogP contribution in [-0.4, -0.2) is 5.71 Å². The van der Waals surface area contributed by atoms with Gasteiger partial charge in [0.05, 0.1) is 5.69 Å². The highest BCUT2D eigenvalue weighted by Crippen LogP contribution is 2.19. The van der Waals surface area contributed by atoms with Crippen LogP contribution in [0.25, 0.3) is 11.6 Å². The lowest BCUT2D eigenvalue weighted by Crippen LogP contribution is -1.94. The molecular weight excluding hydrogens is 290 g/mol. The summed E-state index contributed by atoms with van der Waals surface area (Å²) >= 11 is 0. The minimum atomic E-state index is 0.985. The highest BCUT2D eigenvalue weighted by Gasteiger charge is 2.00. The Morgan fingerprint density at radius 1 is 0.667 bits per heavy atom. The fraction of sp³-hybridized carbons (Fsp3) is 0.0870. The SMILES string of the molecule is CC(=Nc1ccccc1)c1ccc(/C(C)=C/c2ccccc2)cc1. The van der Waals surface area contributed by atoms with E-state index >= 15 is 0 Å². The van der Waals surface area contributed by atoms with E-state index in [2.05, 4.69) is 73.4 Å². The molecule has 0 fully saturated rings. The largest absolute Gasteiger partial charge is 0.253 e. The summed E-state index contributed by atoms with van der Waals surface area (Å²) in [6, 6.07) is 29.1. The first-order valence-corrected chi connectivity index (χ1v) is 8.17. The molecule has 1 nitrogen and oxygen atoms in total. The van der Waals surface area contributed by atoms with Gasteiger partial charge in [0.15, 0.2) is 0 Å². The number of aliphatic imine (C=N–C) groups is 1. The molecule has 1 heteroatoms. The van der Waals surface area contributed by atoms with Gasteiger partial charge >= 0.3 is 0 Å². The van der Waals surface area contributed by atoms with Crippen LogP contribution >= 0.6 is 0 Å². The molecule has 0 heterocycles. The fourth-order valence-corrected chi connectivity index (χ4v) is 2.62.